The number of ether oxygens (including phenoxy) is 1. The van der Waals surface area contributed by atoms with Crippen molar-refractivity contribution >= 4 is 111 Å². The van der Waals surface area contributed by atoms with Crippen molar-refractivity contribution in [3.8, 4) is 51.7 Å². The molecule has 0 unspecified atom stereocenters. The molecule has 10 aromatic rings. The standard InChI is InChI=1S/2C9H10O.C7H6O3.C7H6O2.C7H8O.C7H8.4C6H6O.C3H5Br.CHCl3.CO2.CH4.Al.3ClH.K.H2O/c1-2-8-10-9-6-4-3-5-7-9;1-2-5-8-6-3-4-7-9(8)10;8-6-4-2-1-3-5(6)7(9)10;8-5-6-3-1-2-4-7(6)9;1-6-4-2-3-5-7(6)8;1-7-5-3-2-4-6-7;4*7-6-4-2-1-3-5-6;1-2-3-4;2-1(3)4;2-1-3;;;;;;;/h2-7H,1,8H2;2-4,6-7,10H,1,5H2;1-4,8H,(H,9,10);1-5,9H;2-5,8H,1H3;2-6H,1H3;4*1-5,7H;2H,1,3H2;1H;;1H4;;3*1H;;1H2/q;;;;;;;;;;;;;;+3;;;;+1;/p-4. The van der Waals surface area contributed by atoms with Crippen LogP contribution in [0.15, 0.2) is 317 Å². The number of carbonyl (C=O) groups excluding carboxylic acids is 3. The Bertz CT molecular complexity index is 3280. The van der Waals surface area contributed by atoms with Crippen LogP contribution in [0.2, 0.25) is 0 Å². The molecule has 0 atom stereocenters. The van der Waals surface area contributed by atoms with Crippen molar-refractivity contribution in [1.29, 1.82) is 0 Å². The van der Waals surface area contributed by atoms with Crippen LogP contribution in [0.5, 0.6) is 51.7 Å². The number of phenols is 8. The van der Waals surface area contributed by atoms with Gasteiger partial charge in [-0.1, -0.05) is 271 Å². The topological polar surface area (TPSA) is 290 Å². The van der Waals surface area contributed by atoms with Crippen LogP contribution in [0, 0.1) is 13.8 Å². The fraction of sp³-hybridized carbons (Fsp3) is 0.0921. The number of rotatable bonds is 8. The van der Waals surface area contributed by atoms with Crippen LogP contribution in [0.3, 0.4) is 0 Å². The second-order valence-electron chi connectivity index (χ2n) is 17.3. The summed E-state index contributed by atoms with van der Waals surface area (Å²) in [6, 6.07) is 81.5. The number of phenolic OH excluding ortho intramolecular Hbond substituents is 7. The molecule has 0 radical (unpaired) electrons. The third kappa shape index (κ3) is 74.7. The minimum atomic E-state index is -1.72. The third-order valence-electron chi connectivity index (χ3n) is 9.85. The Hall–Kier alpha value is -7.51. The first-order valence-corrected chi connectivity index (χ1v) is 35.7. The molecule has 10 aromatic carbocycles. The van der Waals surface area contributed by atoms with Crippen LogP contribution in [0.25, 0.3) is 0 Å². The summed E-state index contributed by atoms with van der Waals surface area (Å²) < 4.78 is 4.49. The number of carboxylic acids is 1. The van der Waals surface area contributed by atoms with Crippen LogP contribution < -0.4 is 56.1 Å². The summed E-state index contributed by atoms with van der Waals surface area (Å²) in [4.78, 5) is 36.6. The number of alkyl halides is 4. The smallest absolute Gasteiger partial charge is 0.870 e. The van der Waals surface area contributed by atoms with Crippen molar-refractivity contribution in [2.75, 3.05) is 11.9 Å². The van der Waals surface area contributed by atoms with E-state index in [1.807, 2.05) is 116 Å². The van der Waals surface area contributed by atoms with Crippen molar-refractivity contribution in [3.63, 3.8) is 0 Å². The molecule has 0 aliphatic carbocycles. The predicted molar refractivity (Wildman–Crippen MR) is 411 cm³/mol. The quantitative estimate of drug-likeness (QED) is 0.0296. The number of halogens is 7. The Morgan fingerprint density at radius 2 is 0.770 bits per heavy atom. The van der Waals surface area contributed by atoms with Gasteiger partial charge >= 0.3 is 74.9 Å². The average molecular weight is 1600 g/mol. The number of aryl methyl sites for hydroxylation is 2. The first-order chi connectivity index (χ1) is 46.4. The summed E-state index contributed by atoms with van der Waals surface area (Å²) >= 11 is 15.8. The van der Waals surface area contributed by atoms with E-state index in [1.165, 1.54) is 23.8 Å². The number of carbonyl (C=O) groups is 2. The molecule has 0 bridgehead atoms. The maximum Gasteiger partial charge on any atom is 1.00 e. The van der Waals surface area contributed by atoms with E-state index in [0.29, 0.717) is 53.0 Å². The van der Waals surface area contributed by atoms with Crippen molar-refractivity contribution in [2.45, 2.75) is 32.0 Å². The SMILES string of the molecule is C.C=CCBr.C=CCOc1ccccc1.C=CCc1ccccc1O.Cc1ccccc1.Cc1ccccc1O.ClC(Cl)Cl.O=C(O)c1ccccc1O.O=C=O.O=Cc1ccccc1O.Oc1ccccc1.Oc1ccccc1.Oc1ccccc1.Oc1ccccc1.[Cl][Al]([Cl])[Cl].[K+].[OH-]. The van der Waals surface area contributed by atoms with Gasteiger partial charge in [0.25, 0.3) is 0 Å². The van der Waals surface area contributed by atoms with E-state index in [9.17, 15) is 14.7 Å². The molecule has 0 spiro atoms. The summed E-state index contributed by atoms with van der Waals surface area (Å²) in [6.07, 6.45) is 6.89. The fourth-order valence-corrected chi connectivity index (χ4v) is 5.56. The number of carboxylic acid groups (broad SMARTS) is 1. The van der Waals surface area contributed by atoms with Crippen LogP contribution >= 0.6 is 80.9 Å². The zero-order chi connectivity index (χ0) is 73.7. The molecular weight excluding hydrogens is 1510 g/mol. The molecule has 24 heteroatoms. The molecule has 0 heterocycles. The van der Waals surface area contributed by atoms with E-state index in [-0.39, 0.29) is 87.5 Å². The summed E-state index contributed by atoms with van der Waals surface area (Å²) in [6.45, 7) is 15.1. The minimum Gasteiger partial charge on any atom is -0.870 e. The Morgan fingerprint density at radius 3 is 0.990 bits per heavy atom. The molecule has 0 saturated carbocycles. The zero-order valence-electron chi connectivity index (χ0n) is 54.4. The van der Waals surface area contributed by atoms with Gasteiger partial charge in [-0.15, -0.1) is 13.2 Å². The Balaban J connectivity index is -0.000000188. The molecule has 0 amide bonds. The number of aromatic carboxylic acids is 1. The van der Waals surface area contributed by atoms with Gasteiger partial charge in [-0.25, -0.2) is 34.9 Å². The first kappa shape index (κ1) is 106. The molecule has 0 aliphatic heterocycles. The minimum absolute atomic E-state index is 0. The van der Waals surface area contributed by atoms with Gasteiger partial charge in [0.1, 0.15) is 63.9 Å². The van der Waals surface area contributed by atoms with Crippen molar-refractivity contribution in [1.82, 2.24) is 0 Å². The van der Waals surface area contributed by atoms with Gasteiger partial charge in [-0.3, -0.25) is 4.79 Å². The Kier molecular flexibility index (Phi) is 81.8. The fourth-order valence-electron chi connectivity index (χ4n) is 5.56. The summed E-state index contributed by atoms with van der Waals surface area (Å²) in [5, 5.41) is 79.7. The molecule has 0 aromatic heterocycles. The van der Waals surface area contributed by atoms with Gasteiger partial charge in [-0.2, -0.15) is 9.59 Å². The van der Waals surface area contributed by atoms with Crippen LogP contribution in [0.1, 0.15) is 44.8 Å². The molecule has 15 nitrogen and oxygen atoms in total. The molecule has 530 valence electrons. The van der Waals surface area contributed by atoms with E-state index >= 15 is 0 Å². The van der Waals surface area contributed by atoms with Crippen LogP contribution in [-0.4, -0.2) is 97.5 Å². The van der Waals surface area contributed by atoms with E-state index in [4.69, 9.17) is 120 Å². The Labute approximate surface area is 670 Å². The van der Waals surface area contributed by atoms with Crippen molar-refractivity contribution in [3.05, 3.63) is 345 Å². The van der Waals surface area contributed by atoms with Gasteiger partial charge in [0.2, 0.25) is 0 Å². The predicted octanol–water partition coefficient (Wildman–Crippen LogP) is 18.1. The van der Waals surface area contributed by atoms with E-state index < -0.39 is 21.6 Å². The summed E-state index contributed by atoms with van der Waals surface area (Å²) in [7, 11) is 14.8. The number of benzene rings is 10. The van der Waals surface area contributed by atoms with E-state index in [1.54, 1.807) is 158 Å². The maximum absolute atomic E-state index is 10.3. The third-order valence-corrected chi connectivity index (χ3v) is 10.3. The monoisotopic (exact) mass is 1590 g/mol. The molecule has 100 heavy (non-hydrogen) atoms. The second-order valence-corrected chi connectivity index (χ2v) is 26.4. The van der Waals surface area contributed by atoms with Crippen molar-refractivity contribution in [2.24, 2.45) is 0 Å². The summed E-state index contributed by atoms with van der Waals surface area (Å²) in [5.41, 5.74) is 3.44. The van der Waals surface area contributed by atoms with Gasteiger partial charge in [0.05, 0.1) is 5.56 Å². The zero-order valence-corrected chi connectivity index (χ0v) is 64.8. The molecule has 10 rings (SSSR count). The number of para-hydroxylation sites is 9. The number of allylic oxidation sites excluding steroid dienone is 2. The van der Waals surface area contributed by atoms with E-state index in [0.717, 1.165) is 28.6 Å². The van der Waals surface area contributed by atoms with Gasteiger partial charge in [0, 0.05) is 5.33 Å². The Morgan fingerprint density at radius 1 is 0.480 bits per heavy atom. The summed E-state index contributed by atoms with van der Waals surface area (Å²) in [5.74, 6) is 1.62. The largest absolute Gasteiger partial charge is 1.00 e. The van der Waals surface area contributed by atoms with Gasteiger partial charge < -0.3 is 56.2 Å². The van der Waals surface area contributed by atoms with Crippen LogP contribution in [-0.2, 0) is 16.0 Å². The van der Waals surface area contributed by atoms with Gasteiger partial charge in [0.15, 0.2) is 10.6 Å². The number of aldehydes is 1. The first-order valence-electron chi connectivity index (χ1n) is 28.0. The second kappa shape index (κ2) is 77.2. The van der Waals surface area contributed by atoms with E-state index in [2.05, 4.69) is 54.7 Å². The molecule has 10 N–H and O–H groups in total. The molecule has 0 aliphatic rings. The number of aromatic hydroxyl groups is 8. The molecule has 0 fully saturated rings. The van der Waals surface area contributed by atoms with Gasteiger partial charge in [-0.05, 0) is 128 Å². The number of hydrogen-bond acceptors (Lipinski definition) is 14. The molecule has 0 saturated heterocycles. The normalized spacial score (nSPS) is 8.22. The van der Waals surface area contributed by atoms with Crippen LogP contribution in [0.4, 0.5) is 0 Å². The average Bonchev–Trinajstić information content (AvgIpc) is 0.920. The van der Waals surface area contributed by atoms with Crippen molar-refractivity contribution < 1.29 is 127 Å². The molecular formula is C76H83AlBrCl6KO15. The number of hydrogen-bond donors (Lipinski definition) is 9. The maximum atomic E-state index is 10.3.